The molecule has 0 heterocycles. The Balaban J connectivity index is 2.10. The fraction of sp³-hybridized carbons (Fsp3) is 0.355. The van der Waals surface area contributed by atoms with E-state index in [1.54, 1.807) is 0 Å². The van der Waals surface area contributed by atoms with E-state index in [1.165, 1.54) is 50.1 Å². The van der Waals surface area contributed by atoms with Gasteiger partial charge < -0.3 is 0 Å². The molecule has 0 aromatic heterocycles. The molecule has 0 N–H and O–H groups in total. The molecule has 0 nitrogen and oxygen atoms in total. The maximum atomic E-state index is 6.73. The second kappa shape index (κ2) is 9.73. The normalized spacial score (nSPS) is 15.8. The molecule has 177 valence electrons. The van der Waals surface area contributed by atoms with Gasteiger partial charge in [-0.25, -0.2) is 0 Å². The van der Waals surface area contributed by atoms with Crippen LogP contribution in [0.1, 0.15) is 80.8 Å². The molecule has 1 aliphatic rings. The molecule has 3 heteroatoms. The van der Waals surface area contributed by atoms with Crippen LogP contribution in [0.15, 0.2) is 66.2 Å². The Morgan fingerprint density at radius 2 is 1.35 bits per heavy atom. The number of rotatable bonds is 4. The maximum absolute atomic E-state index is 6.73. The molecule has 0 fully saturated rings. The van der Waals surface area contributed by atoms with Gasteiger partial charge in [0.1, 0.15) is 0 Å². The topological polar surface area (TPSA) is 0 Å². The first kappa shape index (κ1) is 25.9. The van der Waals surface area contributed by atoms with Crippen LogP contribution < -0.4 is 0 Å². The number of benzene rings is 3. The van der Waals surface area contributed by atoms with Crippen molar-refractivity contribution in [3.63, 3.8) is 0 Å². The van der Waals surface area contributed by atoms with Crippen molar-refractivity contribution in [2.24, 2.45) is 0 Å². The van der Waals surface area contributed by atoms with Gasteiger partial charge in [0.25, 0.3) is 0 Å². The van der Waals surface area contributed by atoms with Gasteiger partial charge in [0.15, 0.2) is 0 Å². The minimum atomic E-state index is -2.55. The molecule has 0 aliphatic heterocycles. The summed E-state index contributed by atoms with van der Waals surface area (Å²) in [7, 11) is 13.5. The Hall–Kier alpha value is -1.14. The molecule has 1 atom stereocenters. The molecule has 3 aromatic carbocycles. The van der Waals surface area contributed by atoms with E-state index in [0.29, 0.717) is 0 Å². The van der Waals surface area contributed by atoms with E-state index in [0.717, 1.165) is 6.42 Å². The van der Waals surface area contributed by atoms with Gasteiger partial charge in [-0.3, -0.25) is 0 Å². The summed E-state index contributed by atoms with van der Waals surface area (Å²) in [6, 6.07) is 22.5. The second-order valence-electron chi connectivity index (χ2n) is 11.5. The number of allylic oxidation sites excluding steroid dienone is 1. The summed E-state index contributed by atoms with van der Waals surface area (Å²) >= 11 is -2.55. The molecule has 4 rings (SSSR count). The van der Waals surface area contributed by atoms with Crippen molar-refractivity contribution in [2.45, 2.75) is 69.3 Å². The summed E-state index contributed by atoms with van der Waals surface area (Å²) in [5.41, 5.74) is 12.0. The first-order valence-corrected chi connectivity index (χ1v) is 19.9. The Bertz CT molecular complexity index is 1190. The third-order valence-electron chi connectivity index (χ3n) is 6.96. The zero-order chi connectivity index (χ0) is 24.8. The van der Waals surface area contributed by atoms with Gasteiger partial charge in [-0.2, -0.15) is 0 Å². The van der Waals surface area contributed by atoms with Crippen molar-refractivity contribution >= 4 is 23.1 Å². The quantitative estimate of drug-likeness (QED) is 0.293. The van der Waals surface area contributed by atoms with E-state index < -0.39 is 19.4 Å². The fourth-order valence-electron chi connectivity index (χ4n) is 4.88. The van der Waals surface area contributed by atoms with Gasteiger partial charge in [-0.15, -0.1) is 0 Å². The van der Waals surface area contributed by atoms with Crippen LogP contribution in [0.5, 0.6) is 0 Å². The van der Waals surface area contributed by atoms with Crippen molar-refractivity contribution in [1.29, 1.82) is 0 Å². The average Bonchev–Trinajstić information content (AvgIpc) is 3.16. The van der Waals surface area contributed by atoms with Crippen LogP contribution in [0.3, 0.4) is 0 Å². The summed E-state index contributed by atoms with van der Waals surface area (Å²) in [5, 5.41) is 0. The molecule has 0 radical (unpaired) electrons. The zero-order valence-electron chi connectivity index (χ0n) is 21.4. The van der Waals surface area contributed by atoms with E-state index in [4.69, 9.17) is 17.0 Å². The predicted octanol–water partition coefficient (Wildman–Crippen LogP) is 10.4. The van der Waals surface area contributed by atoms with Crippen molar-refractivity contribution < 1.29 is 19.4 Å². The van der Waals surface area contributed by atoms with Crippen LogP contribution in [0, 0.1) is 0 Å². The summed E-state index contributed by atoms with van der Waals surface area (Å²) in [5.74, 6) is 0. The molecular formula is C31H35Cl2Zr. The third kappa shape index (κ3) is 5.04. The van der Waals surface area contributed by atoms with E-state index in [2.05, 4.69) is 115 Å². The van der Waals surface area contributed by atoms with Gasteiger partial charge in [0, 0.05) is 0 Å². The van der Waals surface area contributed by atoms with Crippen molar-refractivity contribution in [3.05, 3.63) is 88.5 Å². The van der Waals surface area contributed by atoms with Crippen LogP contribution in [0.2, 0.25) is 0 Å². The molecule has 34 heavy (non-hydrogen) atoms. The Kier molecular flexibility index (Phi) is 7.42. The summed E-state index contributed by atoms with van der Waals surface area (Å²) in [4.78, 5) is 0. The van der Waals surface area contributed by atoms with Crippen molar-refractivity contribution in [3.8, 4) is 22.3 Å². The Morgan fingerprint density at radius 3 is 1.85 bits per heavy atom. The standard InChI is InChI=1S/C31H35.2ClH.Zr/c1-8-21-16-23-14-15-27(22-12-10-9-11-13-22)29(28(23)17-21)24-18-25(30(2,3)4)20-26(19-24)31(5,6)7;;;/h9-20H,8H2,1-7H3;2*1H;/q;;;+2/p-2. The van der Waals surface area contributed by atoms with E-state index in [9.17, 15) is 0 Å². The number of hydrogen-bond acceptors (Lipinski definition) is 0. The van der Waals surface area contributed by atoms with Gasteiger partial charge >= 0.3 is 223 Å². The van der Waals surface area contributed by atoms with Crippen LogP contribution in [0.25, 0.3) is 28.3 Å². The van der Waals surface area contributed by atoms with Crippen molar-refractivity contribution in [1.82, 2.24) is 0 Å². The summed E-state index contributed by atoms with van der Waals surface area (Å²) in [6.45, 7) is 16.0. The van der Waals surface area contributed by atoms with Gasteiger partial charge in [-0.05, 0) is 0 Å². The monoisotopic (exact) mass is 567 g/mol. The van der Waals surface area contributed by atoms with Crippen LogP contribution in [-0.4, -0.2) is 0 Å². The number of hydrogen-bond donors (Lipinski definition) is 0. The summed E-state index contributed by atoms with van der Waals surface area (Å²) in [6.07, 6.45) is 3.38. The van der Waals surface area contributed by atoms with Gasteiger partial charge in [0.2, 0.25) is 0 Å². The molecule has 0 bridgehead atoms. The van der Waals surface area contributed by atoms with E-state index in [-0.39, 0.29) is 14.5 Å². The summed E-state index contributed by atoms with van der Waals surface area (Å²) < 4.78 is 0.238. The molecular weight excluding hydrogens is 534 g/mol. The number of halogens is 2. The predicted molar refractivity (Wildman–Crippen MR) is 147 cm³/mol. The average molecular weight is 570 g/mol. The first-order chi connectivity index (χ1) is 15.9. The van der Waals surface area contributed by atoms with Crippen LogP contribution >= 0.6 is 17.0 Å². The van der Waals surface area contributed by atoms with E-state index in [1.807, 2.05) is 0 Å². The molecule has 1 aliphatic carbocycles. The zero-order valence-corrected chi connectivity index (χ0v) is 25.4. The third-order valence-corrected chi connectivity index (χ3v) is 12.3. The molecule has 0 saturated heterocycles. The Morgan fingerprint density at radius 1 is 0.765 bits per heavy atom. The first-order valence-electron chi connectivity index (χ1n) is 12.2. The Labute approximate surface area is 221 Å². The fourth-order valence-corrected chi connectivity index (χ4v) is 10.5. The SMILES string of the molecule is CCC1=Cc2c(ccc(-c3ccccc3)c2-c2cc(C(C)(C)C)cc(C(C)(C)C)c2)[CH]1[Zr]([Cl])[Cl]. The van der Waals surface area contributed by atoms with E-state index >= 15 is 0 Å². The molecule has 0 amide bonds. The number of fused-ring (bicyclic) bond motifs is 1. The second-order valence-corrected chi connectivity index (χ2v) is 20.3. The van der Waals surface area contributed by atoms with Gasteiger partial charge in [0.05, 0.1) is 0 Å². The van der Waals surface area contributed by atoms with Crippen LogP contribution in [-0.2, 0) is 30.2 Å². The molecule has 0 spiro atoms. The molecule has 3 aromatic rings. The van der Waals surface area contributed by atoms with Gasteiger partial charge in [-0.1, -0.05) is 0 Å². The molecule has 0 saturated carbocycles. The minimum absolute atomic E-state index is 0.0565. The molecule has 1 unspecified atom stereocenters. The van der Waals surface area contributed by atoms with Crippen molar-refractivity contribution in [2.75, 3.05) is 0 Å². The van der Waals surface area contributed by atoms with Crippen LogP contribution in [0.4, 0.5) is 0 Å².